The maximum atomic E-state index is 12.5. The molecule has 2 bridgehead atoms. The second kappa shape index (κ2) is 4.56. The van der Waals surface area contributed by atoms with Gasteiger partial charge < -0.3 is 5.32 Å². The van der Waals surface area contributed by atoms with Crippen LogP contribution >= 0.6 is 0 Å². The number of fused-ring (bicyclic) bond motifs is 4. The van der Waals surface area contributed by atoms with Gasteiger partial charge in [0.2, 0.25) is 0 Å². The maximum Gasteiger partial charge on any atom is 0.160 e. The fourth-order valence-corrected chi connectivity index (χ4v) is 7.24. The van der Waals surface area contributed by atoms with E-state index in [1.165, 1.54) is 18.4 Å². The molecule has 1 heterocycles. The Hall–Kier alpha value is -0.960. The molecule has 0 aromatic carbocycles. The van der Waals surface area contributed by atoms with Gasteiger partial charge in [-0.1, -0.05) is 12.5 Å². The van der Waals surface area contributed by atoms with Crippen LogP contribution < -0.4 is 5.32 Å². The largest absolute Gasteiger partial charge is 0.315 e. The van der Waals surface area contributed by atoms with Crippen molar-refractivity contribution >= 4 is 11.6 Å². The summed E-state index contributed by atoms with van der Waals surface area (Å²) in [5.41, 5.74) is 1.64. The number of hydrogen-bond donors (Lipinski definition) is 1. The van der Waals surface area contributed by atoms with Crippen molar-refractivity contribution < 1.29 is 9.59 Å². The van der Waals surface area contributed by atoms with Crippen LogP contribution in [0.4, 0.5) is 0 Å². The van der Waals surface area contributed by atoms with Crippen LogP contribution in [-0.2, 0) is 9.59 Å². The highest BCUT2D eigenvalue weighted by Crippen LogP contribution is 2.65. The van der Waals surface area contributed by atoms with E-state index >= 15 is 0 Å². The van der Waals surface area contributed by atoms with Gasteiger partial charge in [0.25, 0.3) is 0 Å². The van der Waals surface area contributed by atoms with Crippen LogP contribution in [-0.4, -0.2) is 24.7 Å². The van der Waals surface area contributed by atoms with Crippen LogP contribution in [0.2, 0.25) is 0 Å². The average molecular weight is 313 g/mol. The first kappa shape index (κ1) is 14.4. The number of rotatable bonds is 0. The average Bonchev–Trinajstić information content (AvgIpc) is 2.85. The van der Waals surface area contributed by atoms with Gasteiger partial charge in [-0.25, -0.2) is 0 Å². The van der Waals surface area contributed by atoms with E-state index in [1.807, 2.05) is 6.08 Å². The van der Waals surface area contributed by atoms with E-state index in [4.69, 9.17) is 0 Å². The standard InChI is InChI=1S/C20H27NO2/c1-19-7-6-16-14(15(19)4-5-18(19)23)3-2-13-8-17(22)12-9-20(13,16)11-21-10-12/h8,12,14-16,21H,2-7,9-11H2,1H3/t12-,14+,15+,16+,19+,20-/m1/s1. The molecule has 0 amide bonds. The van der Waals surface area contributed by atoms with Gasteiger partial charge in [-0.05, 0) is 62.4 Å². The lowest BCUT2D eigenvalue weighted by molar-refractivity contribution is -0.134. The van der Waals surface area contributed by atoms with Crippen molar-refractivity contribution in [3.63, 3.8) is 0 Å². The smallest absolute Gasteiger partial charge is 0.160 e. The molecule has 1 saturated heterocycles. The lowest BCUT2D eigenvalue weighted by Crippen LogP contribution is -2.59. The zero-order chi connectivity index (χ0) is 15.8. The molecular weight excluding hydrogens is 286 g/mol. The minimum absolute atomic E-state index is 0.0367. The summed E-state index contributed by atoms with van der Waals surface area (Å²) in [6, 6.07) is 0. The second-order valence-electron chi connectivity index (χ2n) is 9.09. The highest BCUT2D eigenvalue weighted by molar-refractivity contribution is 5.94. The Morgan fingerprint density at radius 1 is 1.13 bits per heavy atom. The van der Waals surface area contributed by atoms with Crippen LogP contribution in [0.15, 0.2) is 11.6 Å². The number of carbonyl (C=O) groups is 2. The Morgan fingerprint density at radius 3 is 2.87 bits per heavy atom. The third kappa shape index (κ3) is 1.70. The predicted octanol–water partition coefficient (Wildman–Crippen LogP) is 2.90. The summed E-state index contributed by atoms with van der Waals surface area (Å²) in [5.74, 6) is 3.07. The molecule has 4 aliphatic carbocycles. The maximum absolute atomic E-state index is 12.5. The summed E-state index contributed by atoms with van der Waals surface area (Å²) >= 11 is 0. The Bertz CT molecular complexity index is 623. The Labute approximate surface area is 138 Å². The number of hydrogen-bond acceptors (Lipinski definition) is 3. The number of piperidine rings is 1. The van der Waals surface area contributed by atoms with E-state index in [0.29, 0.717) is 29.3 Å². The minimum atomic E-state index is -0.0367. The third-order valence-electron chi connectivity index (χ3n) is 8.40. The summed E-state index contributed by atoms with van der Waals surface area (Å²) in [4.78, 5) is 24.8. The van der Waals surface area contributed by atoms with Crippen molar-refractivity contribution in [1.29, 1.82) is 0 Å². The Kier molecular flexibility index (Phi) is 2.85. The lowest BCUT2D eigenvalue weighted by atomic mass is 9.45. The molecular formula is C20H27NO2. The summed E-state index contributed by atoms with van der Waals surface area (Å²) in [7, 11) is 0. The summed E-state index contributed by atoms with van der Waals surface area (Å²) in [5, 5.41) is 3.59. The molecule has 0 aromatic heterocycles. The molecule has 0 aromatic rings. The fraction of sp³-hybridized carbons (Fsp3) is 0.800. The van der Waals surface area contributed by atoms with Gasteiger partial charge in [0.15, 0.2) is 5.78 Å². The van der Waals surface area contributed by atoms with E-state index in [9.17, 15) is 9.59 Å². The van der Waals surface area contributed by atoms with Crippen molar-refractivity contribution in [3.05, 3.63) is 11.6 Å². The van der Waals surface area contributed by atoms with Crippen LogP contribution in [0.5, 0.6) is 0 Å². The number of nitrogens with one attached hydrogen (secondary N) is 1. The highest BCUT2D eigenvalue weighted by atomic mass is 16.1. The fourth-order valence-electron chi connectivity index (χ4n) is 7.24. The molecule has 4 fully saturated rings. The first-order chi connectivity index (χ1) is 11.0. The van der Waals surface area contributed by atoms with E-state index in [-0.39, 0.29) is 16.7 Å². The van der Waals surface area contributed by atoms with Gasteiger partial charge in [0, 0.05) is 36.3 Å². The number of ketones is 2. The molecule has 124 valence electrons. The van der Waals surface area contributed by atoms with Crippen LogP contribution in [0.1, 0.15) is 51.9 Å². The van der Waals surface area contributed by atoms with E-state index < -0.39 is 0 Å². The van der Waals surface area contributed by atoms with Gasteiger partial charge in [-0.15, -0.1) is 0 Å². The van der Waals surface area contributed by atoms with Gasteiger partial charge in [-0.2, -0.15) is 0 Å². The van der Waals surface area contributed by atoms with Crippen molar-refractivity contribution in [2.75, 3.05) is 13.1 Å². The number of Topliss-reactive ketones (excluding diaryl/α,β-unsaturated/α-hetero) is 1. The topological polar surface area (TPSA) is 46.2 Å². The van der Waals surface area contributed by atoms with Crippen molar-refractivity contribution in [2.45, 2.75) is 51.9 Å². The molecule has 1 N–H and O–H groups in total. The zero-order valence-corrected chi connectivity index (χ0v) is 14.1. The molecule has 0 unspecified atom stereocenters. The number of carbonyl (C=O) groups excluding carboxylic acids is 2. The van der Waals surface area contributed by atoms with Crippen LogP contribution in [0.3, 0.4) is 0 Å². The summed E-state index contributed by atoms with van der Waals surface area (Å²) < 4.78 is 0. The molecule has 5 rings (SSSR count). The van der Waals surface area contributed by atoms with Crippen LogP contribution in [0.25, 0.3) is 0 Å². The molecule has 0 radical (unpaired) electrons. The van der Waals surface area contributed by atoms with Gasteiger partial charge >= 0.3 is 0 Å². The zero-order valence-electron chi connectivity index (χ0n) is 14.1. The van der Waals surface area contributed by atoms with Crippen molar-refractivity contribution in [2.24, 2.45) is 34.5 Å². The quantitative estimate of drug-likeness (QED) is 0.748. The summed E-state index contributed by atoms with van der Waals surface area (Å²) in [6.45, 7) is 4.17. The first-order valence-corrected chi connectivity index (χ1v) is 9.53. The molecule has 1 spiro atoms. The van der Waals surface area contributed by atoms with Crippen molar-refractivity contribution in [3.8, 4) is 0 Å². The summed E-state index contributed by atoms with van der Waals surface area (Å²) in [6.07, 6.45) is 9.56. The lowest BCUT2D eigenvalue weighted by Gasteiger charge is -2.60. The molecule has 3 nitrogen and oxygen atoms in total. The molecule has 3 saturated carbocycles. The third-order valence-corrected chi connectivity index (χ3v) is 8.40. The molecule has 5 aliphatic rings. The van der Waals surface area contributed by atoms with E-state index in [0.717, 1.165) is 45.2 Å². The van der Waals surface area contributed by atoms with Gasteiger partial charge in [-0.3, -0.25) is 9.59 Å². The second-order valence-corrected chi connectivity index (χ2v) is 9.09. The molecule has 3 heteroatoms. The predicted molar refractivity (Wildman–Crippen MR) is 87.8 cm³/mol. The van der Waals surface area contributed by atoms with Gasteiger partial charge in [0.1, 0.15) is 5.78 Å². The van der Waals surface area contributed by atoms with Crippen LogP contribution in [0, 0.1) is 34.5 Å². The SMILES string of the molecule is C[C@]12CC[C@H]3[C@@H](CCC4=CC(=O)[C@H]5CNC[C@]43C5)[C@@H]1CCC2=O. The van der Waals surface area contributed by atoms with Crippen molar-refractivity contribution in [1.82, 2.24) is 5.32 Å². The molecule has 1 aliphatic heterocycles. The van der Waals surface area contributed by atoms with E-state index in [2.05, 4.69) is 12.2 Å². The van der Waals surface area contributed by atoms with E-state index in [1.54, 1.807) is 0 Å². The molecule has 23 heavy (non-hydrogen) atoms. The molecule has 6 atom stereocenters. The minimum Gasteiger partial charge on any atom is -0.315 e. The first-order valence-electron chi connectivity index (χ1n) is 9.53. The Balaban J connectivity index is 1.56. The normalized spacial score (nSPS) is 51.6. The highest BCUT2D eigenvalue weighted by Gasteiger charge is 2.61. The van der Waals surface area contributed by atoms with Gasteiger partial charge in [0.05, 0.1) is 0 Å². The Morgan fingerprint density at radius 2 is 2.00 bits per heavy atom. The monoisotopic (exact) mass is 313 g/mol.